The van der Waals surface area contributed by atoms with Gasteiger partial charge in [-0.1, -0.05) is 48.0 Å². The van der Waals surface area contributed by atoms with Crippen molar-refractivity contribution in [1.29, 1.82) is 0 Å². The second-order valence-electron chi connectivity index (χ2n) is 5.28. The summed E-state index contributed by atoms with van der Waals surface area (Å²) < 4.78 is 0. The summed E-state index contributed by atoms with van der Waals surface area (Å²) in [6.07, 6.45) is 1.71. The van der Waals surface area contributed by atoms with Gasteiger partial charge in [-0.25, -0.2) is 20.3 Å². The molecule has 2 heterocycles. The standard InChI is InChI=1S/C18H13ClN4/c19-16-11-20-18-22-15-6-2-4-13(10-15)8-7-12-3-1-5-14(9-12)21-17(16)23-18/h1-11H,(H2,20,21,22,23)/p+1. The molecule has 3 N–H and O–H groups in total. The molecule has 1 aromatic heterocycles. The summed E-state index contributed by atoms with van der Waals surface area (Å²) in [4.78, 5) is 11.1. The van der Waals surface area contributed by atoms with Crippen LogP contribution >= 0.6 is 11.6 Å². The van der Waals surface area contributed by atoms with Gasteiger partial charge in [0.2, 0.25) is 5.82 Å². The zero-order chi connectivity index (χ0) is 15.6. The summed E-state index contributed by atoms with van der Waals surface area (Å²) >= 11 is 6.24. The third kappa shape index (κ3) is 3.03. The van der Waals surface area contributed by atoms with Crippen LogP contribution in [0.5, 0.6) is 0 Å². The lowest BCUT2D eigenvalue weighted by molar-refractivity contribution is -0.331. The van der Waals surface area contributed by atoms with Crippen LogP contribution < -0.4 is 10.3 Å². The summed E-state index contributed by atoms with van der Waals surface area (Å²) in [7, 11) is 0. The number of aromatic nitrogens is 3. The lowest BCUT2D eigenvalue weighted by atomic mass is 10.2. The fraction of sp³-hybridized carbons (Fsp3) is 0. The summed E-state index contributed by atoms with van der Waals surface area (Å²) in [5.74, 6) is 1.31. The van der Waals surface area contributed by atoms with Crippen molar-refractivity contribution in [2.24, 2.45) is 0 Å². The second-order valence-corrected chi connectivity index (χ2v) is 5.68. The molecule has 4 nitrogen and oxygen atoms in total. The van der Waals surface area contributed by atoms with Gasteiger partial charge in [-0.3, -0.25) is 0 Å². The first-order chi connectivity index (χ1) is 11.3. The molecule has 0 amide bonds. The molecule has 1 aliphatic rings. The minimum atomic E-state index is 0.528. The number of anilines is 1. The Hall–Kier alpha value is -2.85. The van der Waals surface area contributed by atoms with Crippen LogP contribution in [0.2, 0.25) is 0 Å². The van der Waals surface area contributed by atoms with Crippen LogP contribution in [0, 0.1) is 0 Å². The Bertz CT molecular complexity index is 1020. The zero-order valence-corrected chi connectivity index (χ0v) is 12.9. The molecule has 1 aliphatic heterocycles. The predicted molar refractivity (Wildman–Crippen MR) is 94.1 cm³/mol. The minimum Gasteiger partial charge on any atom is -0.250 e. The first kappa shape index (κ1) is 13.8. The van der Waals surface area contributed by atoms with Crippen molar-refractivity contribution in [1.82, 2.24) is 9.97 Å². The molecular weight excluding hydrogens is 308 g/mol. The predicted octanol–water partition coefficient (Wildman–Crippen LogP) is 4.18. The van der Waals surface area contributed by atoms with Gasteiger partial charge in [0, 0.05) is 0 Å². The summed E-state index contributed by atoms with van der Waals surface area (Å²) in [6.45, 7) is 0. The van der Waals surface area contributed by atoms with Crippen molar-refractivity contribution in [3.05, 3.63) is 72.7 Å². The van der Waals surface area contributed by atoms with Crippen molar-refractivity contribution in [2.45, 2.75) is 0 Å². The number of hydrogen-bond acceptors (Lipinski definition) is 2. The summed E-state index contributed by atoms with van der Waals surface area (Å²) in [5, 5.41) is 5.82. The van der Waals surface area contributed by atoms with Crippen LogP contribution in [0.3, 0.4) is 0 Å². The number of halogens is 1. The maximum absolute atomic E-state index is 6.24. The Labute approximate surface area is 137 Å². The van der Waals surface area contributed by atoms with Gasteiger partial charge in [0.1, 0.15) is 5.03 Å². The highest BCUT2D eigenvalue weighted by molar-refractivity contribution is 6.48. The van der Waals surface area contributed by atoms with Crippen LogP contribution in [-0.2, 0) is 0 Å². The number of fused-ring (bicyclic) bond motifs is 6. The van der Waals surface area contributed by atoms with Gasteiger partial charge in [-0.2, -0.15) is 0 Å². The quantitative estimate of drug-likeness (QED) is 0.652. The van der Waals surface area contributed by atoms with Gasteiger partial charge < -0.3 is 0 Å². The Morgan fingerprint density at radius 2 is 1.70 bits per heavy atom. The number of rotatable bonds is 0. The number of H-pyrrole nitrogens is 2. The lowest BCUT2D eigenvalue weighted by Crippen LogP contribution is -2.14. The van der Waals surface area contributed by atoms with Gasteiger partial charge in [0.05, 0.1) is 17.2 Å². The lowest BCUT2D eigenvalue weighted by Gasteiger charge is -2.01. The highest BCUT2D eigenvalue weighted by atomic mass is 35.5. The van der Waals surface area contributed by atoms with E-state index >= 15 is 0 Å². The molecule has 2 aromatic carbocycles. The minimum absolute atomic E-state index is 0.528. The Morgan fingerprint density at radius 3 is 2.57 bits per heavy atom. The topological polar surface area (TPSA) is 54.9 Å². The van der Waals surface area contributed by atoms with E-state index in [9.17, 15) is 0 Å². The third-order valence-electron chi connectivity index (χ3n) is 3.55. The average molecular weight is 322 g/mol. The molecule has 0 saturated carbocycles. The third-order valence-corrected chi connectivity index (χ3v) is 3.84. The van der Waals surface area contributed by atoms with Gasteiger partial charge in [-0.15, -0.1) is 0 Å². The van der Waals surface area contributed by atoms with Gasteiger partial charge >= 0.3 is 5.95 Å². The number of aromatic amines is 2. The molecule has 0 atom stereocenters. The molecule has 0 saturated heterocycles. The van der Waals surface area contributed by atoms with Crippen molar-refractivity contribution in [3.8, 4) is 0 Å². The van der Waals surface area contributed by atoms with Crippen LogP contribution in [0.1, 0.15) is 5.82 Å². The van der Waals surface area contributed by atoms with E-state index in [2.05, 4.69) is 44.5 Å². The van der Waals surface area contributed by atoms with E-state index in [0.29, 0.717) is 16.8 Å². The molecule has 0 fully saturated rings. The second kappa shape index (κ2) is 5.74. The maximum atomic E-state index is 6.24. The molecule has 0 unspecified atom stereocenters. The normalized spacial score (nSPS) is 12.3. The molecule has 6 bridgehead atoms. The monoisotopic (exact) mass is 321 g/mol. The van der Waals surface area contributed by atoms with E-state index in [4.69, 9.17) is 11.6 Å². The molecule has 4 rings (SSSR count). The zero-order valence-electron chi connectivity index (χ0n) is 12.2. The van der Waals surface area contributed by atoms with Crippen molar-refractivity contribution < 1.29 is 4.98 Å². The van der Waals surface area contributed by atoms with Crippen molar-refractivity contribution in [2.75, 3.05) is 5.32 Å². The van der Waals surface area contributed by atoms with E-state index in [-0.39, 0.29) is 0 Å². The van der Waals surface area contributed by atoms with Crippen LogP contribution in [-0.4, -0.2) is 9.97 Å². The number of nitrogens with one attached hydrogen (secondary N) is 3. The van der Waals surface area contributed by atoms with Crippen LogP contribution in [0.15, 0.2) is 66.9 Å². The fourth-order valence-electron chi connectivity index (χ4n) is 2.45. The Balaban J connectivity index is 2.14. The molecule has 5 heteroatoms. The molecule has 112 valence electrons. The Kier molecular flexibility index (Phi) is 3.44. The van der Waals surface area contributed by atoms with E-state index < -0.39 is 0 Å². The van der Waals surface area contributed by atoms with Gasteiger partial charge in [-0.05, 0) is 35.0 Å². The SMILES string of the molecule is ClC1=CNc2[nH]c1nc1cccc(ccc3cccc(c3)[nH+]2)c1. The summed E-state index contributed by atoms with van der Waals surface area (Å²) in [6, 6.07) is 20.3. The molecular formula is C18H14ClN4+. The van der Waals surface area contributed by atoms with Crippen molar-refractivity contribution >= 4 is 44.4 Å². The first-order valence-electron chi connectivity index (χ1n) is 7.27. The first-order valence-corrected chi connectivity index (χ1v) is 7.64. The molecule has 3 aromatic rings. The highest BCUT2D eigenvalue weighted by Crippen LogP contribution is 2.18. The van der Waals surface area contributed by atoms with E-state index in [1.807, 2.05) is 36.4 Å². The van der Waals surface area contributed by atoms with E-state index in [1.165, 1.54) is 0 Å². The van der Waals surface area contributed by atoms with Crippen LogP contribution in [0.4, 0.5) is 5.95 Å². The number of benzene rings is 2. The number of hydrogen-bond donors (Lipinski definition) is 2. The van der Waals surface area contributed by atoms with Crippen LogP contribution in [0.25, 0.3) is 26.8 Å². The molecule has 0 spiro atoms. The average Bonchev–Trinajstić information content (AvgIpc) is 2.57. The maximum Gasteiger partial charge on any atom is 0.359 e. The van der Waals surface area contributed by atoms with Gasteiger partial charge in [0.25, 0.3) is 0 Å². The molecule has 0 radical (unpaired) electrons. The summed E-state index contributed by atoms with van der Waals surface area (Å²) in [5.41, 5.74) is 1.81. The largest absolute Gasteiger partial charge is 0.359 e. The smallest absolute Gasteiger partial charge is 0.250 e. The molecule has 0 aliphatic carbocycles. The van der Waals surface area contributed by atoms with E-state index in [1.54, 1.807) is 6.20 Å². The number of nitrogens with zero attached hydrogens (tertiary/aromatic N) is 1. The van der Waals surface area contributed by atoms with E-state index in [0.717, 1.165) is 21.8 Å². The molecule has 23 heavy (non-hydrogen) atoms. The highest BCUT2D eigenvalue weighted by Gasteiger charge is 2.11. The Morgan fingerprint density at radius 1 is 0.913 bits per heavy atom. The van der Waals surface area contributed by atoms with Gasteiger partial charge in [0.15, 0.2) is 0 Å². The fourth-order valence-corrected chi connectivity index (χ4v) is 2.59. The van der Waals surface area contributed by atoms with Crippen molar-refractivity contribution in [3.63, 3.8) is 0 Å².